The maximum atomic E-state index is 2.39. The minimum atomic E-state index is -0.0900. The molecule has 0 N–H and O–H groups in total. The van der Waals surface area contributed by atoms with Gasteiger partial charge < -0.3 is 0 Å². The van der Waals surface area contributed by atoms with Crippen molar-refractivity contribution < 1.29 is 0 Å². The number of rotatable bonds is 4. The largest absolute Gasteiger partial charge is 0.0616 e. The van der Waals surface area contributed by atoms with Gasteiger partial charge in [0.2, 0.25) is 0 Å². The van der Waals surface area contributed by atoms with Crippen LogP contribution >= 0.6 is 0 Å². The maximum absolute atomic E-state index is 2.39. The molecule has 10 aromatic rings. The van der Waals surface area contributed by atoms with E-state index in [1.165, 1.54) is 110 Å². The van der Waals surface area contributed by atoms with Gasteiger partial charge in [0.25, 0.3) is 0 Å². The second-order valence-corrected chi connectivity index (χ2v) is 15.6. The summed E-state index contributed by atoms with van der Waals surface area (Å²) >= 11 is 0. The summed E-state index contributed by atoms with van der Waals surface area (Å²) in [6, 6.07) is 72.0. The lowest BCUT2D eigenvalue weighted by Crippen LogP contribution is -2.15. The Morgan fingerprint density at radius 3 is 1.44 bits per heavy atom. The maximum Gasteiger partial charge on any atom is 0.0165 e. The van der Waals surface area contributed by atoms with Crippen LogP contribution in [0.3, 0.4) is 0 Å². The zero-order valence-electron chi connectivity index (χ0n) is 31.0. The van der Waals surface area contributed by atoms with Gasteiger partial charge in [-0.2, -0.15) is 0 Å². The third kappa shape index (κ3) is 4.71. The summed E-state index contributed by atoms with van der Waals surface area (Å²) in [6.07, 6.45) is 0. The van der Waals surface area contributed by atoms with E-state index in [9.17, 15) is 0 Å². The van der Waals surface area contributed by atoms with E-state index in [-0.39, 0.29) is 5.41 Å². The van der Waals surface area contributed by atoms with Gasteiger partial charge in [0.1, 0.15) is 0 Å². The minimum Gasteiger partial charge on any atom is -0.0616 e. The van der Waals surface area contributed by atoms with Crippen LogP contribution in [-0.4, -0.2) is 0 Å². The molecule has 0 amide bonds. The lowest BCUT2D eigenvalue weighted by molar-refractivity contribution is 0.666. The van der Waals surface area contributed by atoms with Crippen molar-refractivity contribution in [1.29, 1.82) is 0 Å². The highest BCUT2D eigenvalue weighted by Crippen LogP contribution is 2.54. The van der Waals surface area contributed by atoms with Crippen molar-refractivity contribution in [2.24, 2.45) is 0 Å². The molecule has 0 nitrogen and oxygen atoms in total. The summed E-state index contributed by atoms with van der Waals surface area (Å²) in [5.41, 5.74) is 15.5. The summed E-state index contributed by atoms with van der Waals surface area (Å²) in [4.78, 5) is 0. The first-order valence-corrected chi connectivity index (χ1v) is 19.4. The summed E-state index contributed by atoms with van der Waals surface area (Å²) in [6.45, 7) is 4.77. The third-order valence-electron chi connectivity index (χ3n) is 12.3. The summed E-state index contributed by atoms with van der Waals surface area (Å²) in [5.74, 6) is 0. The topological polar surface area (TPSA) is 0 Å². The molecule has 55 heavy (non-hydrogen) atoms. The lowest BCUT2D eigenvalue weighted by Gasteiger charge is -2.23. The predicted molar refractivity (Wildman–Crippen MR) is 236 cm³/mol. The summed E-state index contributed by atoms with van der Waals surface area (Å²) < 4.78 is 0. The van der Waals surface area contributed by atoms with Gasteiger partial charge in [-0.1, -0.05) is 208 Å². The molecule has 0 heteroatoms. The van der Waals surface area contributed by atoms with E-state index < -0.39 is 0 Å². The quantitative estimate of drug-likeness (QED) is 0.161. The van der Waals surface area contributed by atoms with Gasteiger partial charge in [0, 0.05) is 5.41 Å². The van der Waals surface area contributed by atoms with Crippen LogP contribution < -0.4 is 0 Å². The molecular formula is C55H38. The molecule has 0 bridgehead atoms. The molecule has 0 unspecified atom stereocenters. The van der Waals surface area contributed by atoms with Crippen molar-refractivity contribution in [1.82, 2.24) is 0 Å². The van der Waals surface area contributed by atoms with Crippen LogP contribution in [0.1, 0.15) is 25.0 Å². The zero-order valence-corrected chi connectivity index (χ0v) is 31.0. The van der Waals surface area contributed by atoms with Crippen molar-refractivity contribution in [3.05, 3.63) is 205 Å². The molecule has 0 spiro atoms. The van der Waals surface area contributed by atoms with Crippen LogP contribution in [0, 0.1) is 0 Å². The molecule has 0 fully saturated rings. The molecule has 0 saturated heterocycles. The molecular weight excluding hydrogens is 661 g/mol. The molecule has 258 valence electrons. The normalized spacial score (nSPS) is 13.1. The van der Waals surface area contributed by atoms with Crippen LogP contribution in [0.15, 0.2) is 194 Å². The summed E-state index contributed by atoms with van der Waals surface area (Å²) in [5, 5.41) is 10.2. The van der Waals surface area contributed by atoms with Gasteiger partial charge in [-0.05, 0) is 110 Å². The second kappa shape index (κ2) is 12.1. The molecule has 0 aliphatic heterocycles. The molecule has 1 aliphatic carbocycles. The van der Waals surface area contributed by atoms with Crippen molar-refractivity contribution in [3.63, 3.8) is 0 Å². The van der Waals surface area contributed by atoms with Gasteiger partial charge in [0.05, 0.1) is 0 Å². The van der Waals surface area contributed by atoms with Crippen LogP contribution in [0.2, 0.25) is 0 Å². The summed E-state index contributed by atoms with van der Waals surface area (Å²) in [7, 11) is 0. The van der Waals surface area contributed by atoms with Gasteiger partial charge in [0.15, 0.2) is 0 Å². The molecule has 0 heterocycles. The minimum absolute atomic E-state index is 0.0900. The third-order valence-corrected chi connectivity index (χ3v) is 12.3. The number of fused-ring (bicyclic) bond motifs is 8. The van der Waals surface area contributed by atoms with Crippen molar-refractivity contribution >= 4 is 43.1 Å². The smallest absolute Gasteiger partial charge is 0.0165 e. The first-order chi connectivity index (χ1) is 27.1. The average Bonchev–Trinajstić information content (AvgIpc) is 3.49. The van der Waals surface area contributed by atoms with E-state index >= 15 is 0 Å². The molecule has 0 radical (unpaired) electrons. The Morgan fingerprint density at radius 2 is 0.745 bits per heavy atom. The second-order valence-electron chi connectivity index (χ2n) is 15.6. The molecule has 0 aromatic heterocycles. The SMILES string of the molecule is CC1(C)c2cccc(-c3ccc(-c4c5ccccc5c(-c5ccccc5-c5cccc6ccccc56)c5ccccc45)cc3)c2-c2ccc3ccccc3c21. The van der Waals surface area contributed by atoms with E-state index in [4.69, 9.17) is 0 Å². The van der Waals surface area contributed by atoms with Gasteiger partial charge in [-0.3, -0.25) is 0 Å². The van der Waals surface area contributed by atoms with E-state index in [0.717, 1.165) is 0 Å². The van der Waals surface area contributed by atoms with E-state index in [1.54, 1.807) is 0 Å². The van der Waals surface area contributed by atoms with Gasteiger partial charge >= 0.3 is 0 Å². The molecule has 0 saturated carbocycles. The molecule has 0 atom stereocenters. The van der Waals surface area contributed by atoms with E-state index in [0.29, 0.717) is 0 Å². The van der Waals surface area contributed by atoms with E-state index in [2.05, 4.69) is 208 Å². The van der Waals surface area contributed by atoms with E-state index in [1.807, 2.05) is 0 Å². The fraction of sp³-hybridized carbons (Fsp3) is 0.0545. The standard InChI is InChI=1S/C55H38/c1-55(2)50-28-14-26-40(53(50)49-34-33-36-16-4-6-19-41(36)54(49)55)37-29-31-38(32-30-37)51-45-22-9-11-24-47(45)52(48-25-12-10-23-46(48)51)44-21-8-7-20-43(44)42-27-13-17-35-15-3-5-18-39(35)42/h3-34H,1-2H3. The van der Waals surface area contributed by atoms with Crippen LogP contribution in [0.5, 0.6) is 0 Å². The van der Waals surface area contributed by atoms with Gasteiger partial charge in [-0.15, -0.1) is 0 Å². The van der Waals surface area contributed by atoms with Crippen molar-refractivity contribution in [2.45, 2.75) is 19.3 Å². The predicted octanol–water partition coefficient (Wildman–Crippen LogP) is 15.3. The fourth-order valence-electron chi connectivity index (χ4n) is 9.83. The highest BCUT2D eigenvalue weighted by Gasteiger charge is 2.38. The Labute approximate surface area is 322 Å². The van der Waals surface area contributed by atoms with Crippen LogP contribution in [0.4, 0.5) is 0 Å². The number of hydrogen-bond donors (Lipinski definition) is 0. The first-order valence-electron chi connectivity index (χ1n) is 19.4. The lowest BCUT2D eigenvalue weighted by atomic mass is 9.80. The van der Waals surface area contributed by atoms with Crippen LogP contribution in [-0.2, 0) is 5.41 Å². The molecule has 1 aliphatic rings. The highest BCUT2D eigenvalue weighted by molar-refractivity contribution is 6.23. The molecule has 10 aromatic carbocycles. The van der Waals surface area contributed by atoms with Crippen LogP contribution in [0.25, 0.3) is 98.7 Å². The zero-order chi connectivity index (χ0) is 36.7. The fourth-order valence-corrected chi connectivity index (χ4v) is 9.83. The number of benzene rings is 10. The van der Waals surface area contributed by atoms with Crippen molar-refractivity contribution in [3.8, 4) is 55.6 Å². The highest BCUT2D eigenvalue weighted by atomic mass is 14.4. The Kier molecular flexibility index (Phi) is 7.00. The Bertz CT molecular complexity index is 3100. The Morgan fingerprint density at radius 1 is 0.273 bits per heavy atom. The number of hydrogen-bond acceptors (Lipinski definition) is 0. The Balaban J connectivity index is 1.10. The first kappa shape index (κ1) is 31.7. The Hall–Kier alpha value is -6.76. The van der Waals surface area contributed by atoms with Crippen molar-refractivity contribution in [2.75, 3.05) is 0 Å². The van der Waals surface area contributed by atoms with Gasteiger partial charge in [-0.25, -0.2) is 0 Å². The monoisotopic (exact) mass is 698 g/mol. The molecule has 11 rings (SSSR count). The average molecular weight is 699 g/mol.